The van der Waals surface area contributed by atoms with Crippen LogP contribution >= 0.6 is 11.3 Å². The Morgan fingerprint density at radius 2 is 1.76 bits per heavy atom. The first kappa shape index (κ1) is 18.2. The van der Waals surface area contributed by atoms with Crippen LogP contribution in [0.2, 0.25) is 0 Å². The lowest BCUT2D eigenvalue weighted by Crippen LogP contribution is -2.49. The number of sulfonamides is 1. The Labute approximate surface area is 153 Å². The smallest absolute Gasteiger partial charge is 0.271 e. The Bertz CT molecular complexity index is 805. The van der Waals surface area contributed by atoms with Gasteiger partial charge in [-0.05, 0) is 56.7 Å². The Kier molecular flexibility index (Phi) is 5.36. The second-order valence-electron chi connectivity index (χ2n) is 6.37. The fourth-order valence-electron chi connectivity index (χ4n) is 3.11. The van der Waals surface area contributed by atoms with Gasteiger partial charge in [0.2, 0.25) is 0 Å². The number of ether oxygens (including phenoxy) is 1. The summed E-state index contributed by atoms with van der Waals surface area (Å²) in [6.07, 6.45) is 0.838. The minimum atomic E-state index is -3.53. The van der Waals surface area contributed by atoms with Crippen molar-refractivity contribution in [3.63, 3.8) is 0 Å². The number of hydrogen-bond acceptors (Lipinski definition) is 5. The summed E-state index contributed by atoms with van der Waals surface area (Å²) in [5.41, 5.74) is 1.65. The van der Waals surface area contributed by atoms with Crippen molar-refractivity contribution >= 4 is 32.7 Å². The van der Waals surface area contributed by atoms with E-state index in [-0.39, 0.29) is 0 Å². The maximum Gasteiger partial charge on any atom is 0.271 e. The van der Waals surface area contributed by atoms with E-state index in [4.69, 9.17) is 4.74 Å². The summed E-state index contributed by atoms with van der Waals surface area (Å²) >= 11 is 1.31. The summed E-state index contributed by atoms with van der Waals surface area (Å²) in [5, 5.41) is 0. The van der Waals surface area contributed by atoms with Crippen LogP contribution in [-0.2, 0) is 21.2 Å². The molecule has 1 N–H and O–H groups in total. The predicted molar refractivity (Wildman–Crippen MR) is 103 cm³/mol. The van der Waals surface area contributed by atoms with Gasteiger partial charge in [-0.3, -0.25) is 4.72 Å². The molecule has 0 saturated carbocycles. The van der Waals surface area contributed by atoms with Crippen LogP contribution in [0, 0.1) is 0 Å². The number of aryl methyl sites for hydroxylation is 1. The fraction of sp³-hybridized carbons (Fsp3) is 0.444. The molecule has 0 spiro atoms. The molecule has 0 aliphatic carbocycles. The van der Waals surface area contributed by atoms with Crippen molar-refractivity contribution in [3.8, 4) is 0 Å². The molecule has 1 saturated heterocycles. The number of nitrogens with one attached hydrogen (secondary N) is 1. The van der Waals surface area contributed by atoms with Gasteiger partial charge in [0.25, 0.3) is 10.0 Å². The maximum absolute atomic E-state index is 12.5. The van der Waals surface area contributed by atoms with Crippen LogP contribution in [-0.4, -0.2) is 33.7 Å². The van der Waals surface area contributed by atoms with Crippen LogP contribution < -0.4 is 9.62 Å². The summed E-state index contributed by atoms with van der Waals surface area (Å²) in [5.74, 6) is 0. The van der Waals surface area contributed by atoms with Gasteiger partial charge in [0, 0.05) is 28.3 Å². The number of anilines is 2. The molecule has 7 heteroatoms. The first-order valence-corrected chi connectivity index (χ1v) is 10.8. The molecular formula is C18H24N2O3S2. The minimum absolute atomic E-state index is 0.296. The van der Waals surface area contributed by atoms with E-state index in [9.17, 15) is 8.42 Å². The van der Waals surface area contributed by atoms with Gasteiger partial charge in [-0.2, -0.15) is 0 Å². The average molecular weight is 381 g/mol. The van der Waals surface area contributed by atoms with Crippen molar-refractivity contribution in [3.05, 3.63) is 41.3 Å². The van der Waals surface area contributed by atoms with Crippen molar-refractivity contribution in [2.24, 2.45) is 0 Å². The third-order valence-corrected chi connectivity index (χ3v) is 7.44. The summed E-state index contributed by atoms with van der Waals surface area (Å²) in [4.78, 5) is 3.38. The topological polar surface area (TPSA) is 58.6 Å². The van der Waals surface area contributed by atoms with Gasteiger partial charge < -0.3 is 9.64 Å². The highest BCUT2D eigenvalue weighted by molar-refractivity contribution is 7.94. The Hall–Kier alpha value is -1.57. The van der Waals surface area contributed by atoms with Gasteiger partial charge in [0.1, 0.15) is 4.21 Å². The lowest BCUT2D eigenvalue weighted by Gasteiger charge is -2.40. The first-order valence-electron chi connectivity index (χ1n) is 8.48. The standard InChI is InChI=1S/C18H24N2O3S2/c1-4-17-9-10-18(24-17)25(21,22)19-15-5-7-16(8-6-15)20-13(2)11-23-12-14(20)3/h5-10,13-14,19H,4,11-12H2,1-3H3. The molecule has 2 atom stereocenters. The molecule has 2 aromatic rings. The van der Waals surface area contributed by atoms with Crippen molar-refractivity contribution < 1.29 is 13.2 Å². The highest BCUT2D eigenvalue weighted by atomic mass is 32.2. The highest BCUT2D eigenvalue weighted by Gasteiger charge is 2.25. The van der Waals surface area contributed by atoms with E-state index in [2.05, 4.69) is 23.5 Å². The van der Waals surface area contributed by atoms with Crippen molar-refractivity contribution in [2.45, 2.75) is 43.5 Å². The van der Waals surface area contributed by atoms with Gasteiger partial charge >= 0.3 is 0 Å². The molecule has 1 fully saturated rings. The molecule has 0 radical (unpaired) electrons. The molecule has 2 unspecified atom stereocenters. The van der Waals surface area contributed by atoms with Crippen LogP contribution in [0.1, 0.15) is 25.6 Å². The van der Waals surface area contributed by atoms with Crippen LogP contribution in [0.4, 0.5) is 11.4 Å². The number of thiophene rings is 1. The summed E-state index contributed by atoms with van der Waals surface area (Å²) in [7, 11) is -3.53. The molecule has 136 valence electrons. The van der Waals surface area contributed by atoms with Gasteiger partial charge in [0.15, 0.2) is 0 Å². The molecule has 2 heterocycles. The number of nitrogens with zero attached hydrogens (tertiary/aromatic N) is 1. The van der Waals surface area contributed by atoms with Crippen molar-refractivity contribution in [2.75, 3.05) is 22.8 Å². The summed E-state index contributed by atoms with van der Waals surface area (Å²) in [6, 6.07) is 11.7. The van der Waals surface area contributed by atoms with Crippen LogP contribution in [0.3, 0.4) is 0 Å². The van der Waals surface area contributed by atoms with Crippen LogP contribution in [0.25, 0.3) is 0 Å². The number of morpholine rings is 1. The number of hydrogen-bond donors (Lipinski definition) is 1. The average Bonchev–Trinajstić information content (AvgIpc) is 3.06. The first-order chi connectivity index (χ1) is 11.9. The minimum Gasteiger partial charge on any atom is -0.377 e. The van der Waals surface area contributed by atoms with Gasteiger partial charge in [0.05, 0.1) is 13.2 Å². The van der Waals surface area contributed by atoms with Crippen molar-refractivity contribution in [1.29, 1.82) is 0 Å². The van der Waals surface area contributed by atoms with Gasteiger partial charge in [-0.1, -0.05) is 6.92 Å². The molecule has 5 nitrogen and oxygen atoms in total. The molecule has 1 aliphatic rings. The van der Waals surface area contributed by atoms with Gasteiger partial charge in [-0.15, -0.1) is 11.3 Å². The Morgan fingerprint density at radius 1 is 1.12 bits per heavy atom. The van der Waals surface area contributed by atoms with Crippen LogP contribution in [0.15, 0.2) is 40.6 Å². The number of benzene rings is 1. The van der Waals surface area contributed by atoms with E-state index in [1.165, 1.54) is 11.3 Å². The van der Waals surface area contributed by atoms with E-state index < -0.39 is 10.0 Å². The lowest BCUT2D eigenvalue weighted by molar-refractivity contribution is 0.0757. The zero-order valence-corrected chi connectivity index (χ0v) is 16.4. The third-order valence-electron chi connectivity index (χ3n) is 4.34. The van der Waals surface area contributed by atoms with E-state index in [1.807, 2.05) is 37.3 Å². The predicted octanol–water partition coefficient (Wildman–Crippen LogP) is 3.72. The van der Waals surface area contributed by atoms with E-state index in [0.717, 1.165) is 17.0 Å². The largest absolute Gasteiger partial charge is 0.377 e. The Morgan fingerprint density at radius 3 is 2.32 bits per heavy atom. The normalized spacial score (nSPS) is 21.3. The molecule has 3 rings (SSSR count). The summed E-state index contributed by atoms with van der Waals surface area (Å²) < 4.78 is 33.6. The zero-order chi connectivity index (χ0) is 18.0. The van der Waals surface area contributed by atoms with Crippen LogP contribution in [0.5, 0.6) is 0 Å². The molecule has 1 aliphatic heterocycles. The second-order valence-corrected chi connectivity index (χ2v) is 9.45. The quantitative estimate of drug-likeness (QED) is 0.859. The zero-order valence-electron chi connectivity index (χ0n) is 14.7. The third kappa shape index (κ3) is 3.99. The molecule has 0 amide bonds. The van der Waals surface area contributed by atoms with E-state index in [1.54, 1.807) is 6.07 Å². The molecular weight excluding hydrogens is 356 g/mol. The second kappa shape index (κ2) is 7.35. The molecule has 1 aromatic heterocycles. The van der Waals surface area contributed by atoms with E-state index >= 15 is 0 Å². The fourth-order valence-corrected chi connectivity index (χ4v) is 5.47. The SMILES string of the molecule is CCc1ccc(S(=O)(=O)Nc2ccc(N3C(C)COCC3C)cc2)s1. The summed E-state index contributed by atoms with van der Waals surface area (Å²) in [6.45, 7) is 7.69. The lowest BCUT2D eigenvalue weighted by atomic mass is 10.1. The van der Waals surface area contributed by atoms with Gasteiger partial charge in [-0.25, -0.2) is 8.42 Å². The molecule has 0 bridgehead atoms. The van der Waals surface area contributed by atoms with Crippen molar-refractivity contribution in [1.82, 2.24) is 0 Å². The molecule has 25 heavy (non-hydrogen) atoms. The van der Waals surface area contributed by atoms with E-state index in [0.29, 0.717) is 35.2 Å². The molecule has 1 aromatic carbocycles. The maximum atomic E-state index is 12.5. The number of rotatable bonds is 5. The Balaban J connectivity index is 1.76. The monoisotopic (exact) mass is 380 g/mol. The highest BCUT2D eigenvalue weighted by Crippen LogP contribution is 2.27.